The van der Waals surface area contributed by atoms with E-state index in [9.17, 15) is 19.3 Å². The molecular weight excluding hydrogens is 267 g/mol. The van der Waals surface area contributed by atoms with Gasteiger partial charge in [-0.15, -0.1) is 0 Å². The molecule has 1 aromatic carbocycles. The maximum atomic E-state index is 13.4. The smallest absolute Gasteiger partial charge is 0.274 e. The lowest BCUT2D eigenvalue weighted by atomic mass is 10.2. The van der Waals surface area contributed by atoms with Crippen LogP contribution in [-0.2, 0) is 9.63 Å². The lowest BCUT2D eigenvalue weighted by Crippen LogP contribution is -2.25. The van der Waals surface area contributed by atoms with Crippen molar-refractivity contribution in [2.24, 2.45) is 0 Å². The number of nitro benzene ring substituents is 1. The molecule has 0 aliphatic rings. The Morgan fingerprint density at radius 2 is 2.00 bits per heavy atom. The minimum atomic E-state index is -0.979. The summed E-state index contributed by atoms with van der Waals surface area (Å²) >= 11 is 0. The Bertz CT molecular complexity index is 552. The first-order valence-corrected chi connectivity index (χ1v) is 5.56. The van der Waals surface area contributed by atoms with E-state index in [0.29, 0.717) is 5.56 Å². The van der Waals surface area contributed by atoms with Gasteiger partial charge in [0.05, 0.1) is 12.0 Å². The van der Waals surface area contributed by atoms with Crippen molar-refractivity contribution in [3.8, 4) is 0 Å². The summed E-state index contributed by atoms with van der Waals surface area (Å²) in [5.41, 5.74) is 0.618. The quantitative estimate of drug-likeness (QED) is 0.359. The van der Waals surface area contributed by atoms with Crippen molar-refractivity contribution in [1.82, 2.24) is 5.06 Å². The molecule has 20 heavy (non-hydrogen) atoms. The number of hydrogen-bond acceptors (Lipinski definition) is 4. The number of non-ortho nitro benzene ring substituents is 1. The normalized spacial score (nSPS) is 11.7. The van der Waals surface area contributed by atoms with Crippen LogP contribution in [0.3, 0.4) is 0 Å². The number of amides is 1. The van der Waals surface area contributed by atoms with Crippen LogP contribution < -0.4 is 0 Å². The average molecular weight is 280 g/mol. The molecule has 1 rings (SSSR count). The van der Waals surface area contributed by atoms with Crippen LogP contribution in [0.25, 0.3) is 6.08 Å². The van der Waals surface area contributed by atoms with Crippen LogP contribution in [0, 0.1) is 10.1 Å². The minimum absolute atomic E-state index is 0.0271. The molecule has 0 atom stereocenters. The molecule has 0 unspecified atom stereocenters. The molecule has 0 aliphatic heterocycles. The molecule has 1 amide bonds. The highest BCUT2D eigenvalue weighted by molar-refractivity contribution is 5.90. The standard InChI is InChI=1S/C13H13FN2O4/c1-15(20-2)13(17)12(14)5-3-4-10-6-8-11(9-7-10)16(18)19/h3-9H,1-2H3/b4-3+,12-5-. The van der Waals surface area contributed by atoms with Crippen LogP contribution in [-0.4, -0.2) is 30.1 Å². The van der Waals surface area contributed by atoms with Gasteiger partial charge in [0.1, 0.15) is 0 Å². The first kappa shape index (κ1) is 15.5. The second-order valence-corrected chi connectivity index (χ2v) is 3.71. The van der Waals surface area contributed by atoms with Crippen LogP contribution in [0.15, 0.2) is 42.2 Å². The van der Waals surface area contributed by atoms with Gasteiger partial charge in [0, 0.05) is 19.2 Å². The molecule has 0 saturated carbocycles. The van der Waals surface area contributed by atoms with Crippen molar-refractivity contribution in [3.63, 3.8) is 0 Å². The Hall–Kier alpha value is -2.54. The first-order valence-electron chi connectivity index (χ1n) is 5.56. The summed E-state index contributed by atoms with van der Waals surface area (Å²) in [6.45, 7) is 0. The minimum Gasteiger partial charge on any atom is -0.274 e. The second kappa shape index (κ2) is 7.15. The Morgan fingerprint density at radius 3 is 2.50 bits per heavy atom. The number of hydrogen-bond donors (Lipinski definition) is 0. The van der Waals surface area contributed by atoms with E-state index in [1.165, 1.54) is 50.6 Å². The highest BCUT2D eigenvalue weighted by Gasteiger charge is 2.12. The third kappa shape index (κ3) is 4.29. The number of nitrogens with zero attached hydrogens (tertiary/aromatic N) is 2. The Balaban J connectivity index is 2.73. The number of halogens is 1. The molecule has 0 heterocycles. The molecule has 0 N–H and O–H groups in total. The van der Waals surface area contributed by atoms with Gasteiger partial charge in [-0.3, -0.25) is 19.7 Å². The van der Waals surface area contributed by atoms with Gasteiger partial charge >= 0.3 is 5.91 Å². The maximum absolute atomic E-state index is 13.4. The predicted molar refractivity (Wildman–Crippen MR) is 71.1 cm³/mol. The van der Waals surface area contributed by atoms with Gasteiger partial charge < -0.3 is 0 Å². The molecule has 0 spiro atoms. The fraction of sp³-hybridized carbons (Fsp3) is 0.154. The summed E-state index contributed by atoms with van der Waals surface area (Å²) in [6, 6.07) is 5.71. The molecule has 0 aliphatic carbocycles. The van der Waals surface area contributed by atoms with Crippen molar-refractivity contribution in [2.45, 2.75) is 0 Å². The predicted octanol–water partition coefficient (Wildman–Crippen LogP) is 2.48. The van der Waals surface area contributed by atoms with Gasteiger partial charge in [-0.25, -0.2) is 9.45 Å². The number of benzene rings is 1. The summed E-state index contributed by atoms with van der Waals surface area (Å²) in [5, 5.41) is 11.2. The van der Waals surface area contributed by atoms with Gasteiger partial charge in [-0.1, -0.05) is 12.2 Å². The van der Waals surface area contributed by atoms with E-state index in [2.05, 4.69) is 4.84 Å². The van der Waals surface area contributed by atoms with Crippen LogP contribution in [0.1, 0.15) is 5.56 Å². The molecule has 0 aromatic heterocycles. The van der Waals surface area contributed by atoms with E-state index in [-0.39, 0.29) is 5.69 Å². The van der Waals surface area contributed by atoms with Gasteiger partial charge in [0.2, 0.25) is 0 Å². The van der Waals surface area contributed by atoms with Crippen molar-refractivity contribution in [3.05, 3.63) is 57.9 Å². The molecule has 0 fully saturated rings. The van der Waals surface area contributed by atoms with Crippen LogP contribution in [0.2, 0.25) is 0 Å². The summed E-state index contributed by atoms with van der Waals surface area (Å²) in [5.74, 6) is -1.88. The number of likely N-dealkylation sites (N-methyl/N-ethyl adjacent to an activating group) is 1. The van der Waals surface area contributed by atoms with E-state index >= 15 is 0 Å². The monoisotopic (exact) mass is 280 g/mol. The van der Waals surface area contributed by atoms with Crippen molar-refractivity contribution < 1.29 is 18.9 Å². The van der Waals surface area contributed by atoms with E-state index in [1.807, 2.05) is 0 Å². The lowest BCUT2D eigenvalue weighted by molar-refractivity contribution is -0.384. The Labute approximate surface area is 114 Å². The highest BCUT2D eigenvalue weighted by Crippen LogP contribution is 2.13. The van der Waals surface area contributed by atoms with Crippen LogP contribution in [0.5, 0.6) is 0 Å². The molecule has 0 radical (unpaired) electrons. The third-order valence-electron chi connectivity index (χ3n) is 2.40. The zero-order valence-corrected chi connectivity index (χ0v) is 10.9. The van der Waals surface area contributed by atoms with E-state index in [4.69, 9.17) is 0 Å². The summed E-state index contributed by atoms with van der Waals surface area (Å²) in [6.07, 6.45) is 3.83. The zero-order chi connectivity index (χ0) is 15.1. The number of hydroxylamine groups is 2. The SMILES string of the molecule is CON(C)C(=O)/C(F)=C/C=C/c1ccc([N+](=O)[O-])cc1. The fourth-order valence-corrected chi connectivity index (χ4v) is 1.26. The van der Waals surface area contributed by atoms with Crippen LogP contribution >= 0.6 is 0 Å². The van der Waals surface area contributed by atoms with Gasteiger partial charge in [0.25, 0.3) is 5.69 Å². The second-order valence-electron chi connectivity index (χ2n) is 3.71. The molecular formula is C13H13FN2O4. The molecule has 7 heteroatoms. The Kier molecular flexibility index (Phi) is 5.55. The topological polar surface area (TPSA) is 72.7 Å². The number of carbonyl (C=O) groups excluding carboxylic acids is 1. The number of allylic oxidation sites excluding steroid dienone is 2. The van der Waals surface area contributed by atoms with Gasteiger partial charge in [-0.2, -0.15) is 0 Å². The van der Waals surface area contributed by atoms with E-state index in [0.717, 1.165) is 11.1 Å². The first-order chi connectivity index (χ1) is 9.45. The number of rotatable bonds is 5. The van der Waals surface area contributed by atoms with Crippen molar-refractivity contribution in [1.29, 1.82) is 0 Å². The average Bonchev–Trinajstić information content (AvgIpc) is 2.45. The van der Waals surface area contributed by atoms with Crippen molar-refractivity contribution in [2.75, 3.05) is 14.2 Å². The Morgan fingerprint density at radius 1 is 1.40 bits per heavy atom. The largest absolute Gasteiger partial charge is 0.305 e. The number of nitro groups is 1. The third-order valence-corrected chi connectivity index (χ3v) is 2.40. The number of carbonyl (C=O) groups is 1. The molecule has 0 saturated heterocycles. The lowest BCUT2D eigenvalue weighted by Gasteiger charge is -2.11. The van der Waals surface area contributed by atoms with Gasteiger partial charge in [0.15, 0.2) is 5.83 Å². The molecule has 6 nitrogen and oxygen atoms in total. The summed E-state index contributed by atoms with van der Waals surface area (Å²) in [4.78, 5) is 25.8. The molecule has 0 bridgehead atoms. The summed E-state index contributed by atoms with van der Waals surface area (Å²) < 4.78 is 13.4. The highest BCUT2D eigenvalue weighted by atomic mass is 19.1. The van der Waals surface area contributed by atoms with E-state index in [1.54, 1.807) is 0 Å². The van der Waals surface area contributed by atoms with Crippen LogP contribution in [0.4, 0.5) is 10.1 Å². The van der Waals surface area contributed by atoms with E-state index < -0.39 is 16.7 Å². The zero-order valence-electron chi connectivity index (χ0n) is 10.9. The molecule has 1 aromatic rings. The molecule has 106 valence electrons. The summed E-state index contributed by atoms with van der Waals surface area (Å²) in [7, 11) is 2.54. The van der Waals surface area contributed by atoms with Gasteiger partial charge in [-0.05, 0) is 23.8 Å². The van der Waals surface area contributed by atoms with Crippen molar-refractivity contribution >= 4 is 17.7 Å². The fourth-order valence-electron chi connectivity index (χ4n) is 1.26. The maximum Gasteiger partial charge on any atom is 0.305 e.